The first-order chi connectivity index (χ1) is 9.60. The second-order valence-electron chi connectivity index (χ2n) is 5.07. The molecule has 3 unspecified atom stereocenters. The molecule has 110 valence electrons. The molecule has 3 atom stereocenters. The molecule has 0 aromatic rings. The number of aldehydes is 1. The molecule has 1 fully saturated rings. The zero-order valence-corrected chi connectivity index (χ0v) is 11.5. The molecular formula is C14H20N2O4. The van der Waals surface area contributed by atoms with Crippen LogP contribution in [0.3, 0.4) is 0 Å². The first-order valence-electron chi connectivity index (χ1n) is 6.78. The van der Waals surface area contributed by atoms with E-state index in [9.17, 15) is 9.59 Å². The molecular weight excluding hydrogens is 260 g/mol. The largest absolute Gasteiger partial charge is 0.462 e. The first kappa shape index (κ1) is 14.7. The SMILES string of the molecule is CC(N)C(=O)OCC1CCC(N2C=CCC(C=O)=C2)O1. The zero-order chi connectivity index (χ0) is 14.5. The maximum absolute atomic E-state index is 11.3. The van der Waals surface area contributed by atoms with Crippen molar-refractivity contribution in [1.29, 1.82) is 0 Å². The van der Waals surface area contributed by atoms with Crippen LogP contribution in [0.5, 0.6) is 0 Å². The molecule has 1 saturated heterocycles. The Morgan fingerprint density at radius 2 is 2.45 bits per heavy atom. The Morgan fingerprint density at radius 1 is 1.65 bits per heavy atom. The van der Waals surface area contributed by atoms with Gasteiger partial charge in [-0.2, -0.15) is 0 Å². The third kappa shape index (κ3) is 3.68. The van der Waals surface area contributed by atoms with Crippen LogP contribution in [0.4, 0.5) is 0 Å². The summed E-state index contributed by atoms with van der Waals surface area (Å²) in [5.41, 5.74) is 6.15. The Bertz CT molecular complexity index is 431. The molecule has 0 amide bonds. The fourth-order valence-corrected chi connectivity index (χ4v) is 2.19. The molecule has 20 heavy (non-hydrogen) atoms. The van der Waals surface area contributed by atoms with Crippen molar-refractivity contribution < 1.29 is 19.1 Å². The molecule has 0 aromatic heterocycles. The second-order valence-corrected chi connectivity index (χ2v) is 5.07. The lowest BCUT2D eigenvalue weighted by Crippen LogP contribution is -2.32. The van der Waals surface area contributed by atoms with Crippen LogP contribution in [0.1, 0.15) is 26.2 Å². The Balaban J connectivity index is 1.82. The smallest absolute Gasteiger partial charge is 0.322 e. The minimum absolute atomic E-state index is 0.111. The van der Waals surface area contributed by atoms with E-state index in [1.54, 1.807) is 13.1 Å². The van der Waals surface area contributed by atoms with Crippen LogP contribution in [-0.4, -0.2) is 42.1 Å². The van der Waals surface area contributed by atoms with E-state index in [1.165, 1.54) is 0 Å². The van der Waals surface area contributed by atoms with Gasteiger partial charge in [0.05, 0.1) is 6.10 Å². The summed E-state index contributed by atoms with van der Waals surface area (Å²) in [7, 11) is 0. The van der Waals surface area contributed by atoms with Gasteiger partial charge in [-0.25, -0.2) is 0 Å². The highest BCUT2D eigenvalue weighted by molar-refractivity contribution is 5.75. The molecule has 0 aromatic carbocycles. The van der Waals surface area contributed by atoms with Gasteiger partial charge in [-0.15, -0.1) is 0 Å². The van der Waals surface area contributed by atoms with Crippen molar-refractivity contribution in [3.8, 4) is 0 Å². The second kappa shape index (κ2) is 6.67. The summed E-state index contributed by atoms with van der Waals surface area (Å²) in [5, 5.41) is 0. The van der Waals surface area contributed by atoms with Crippen LogP contribution in [0.15, 0.2) is 24.0 Å². The topological polar surface area (TPSA) is 81.9 Å². The third-order valence-corrected chi connectivity index (χ3v) is 3.30. The maximum Gasteiger partial charge on any atom is 0.322 e. The number of nitrogens with two attached hydrogens (primary N) is 1. The zero-order valence-electron chi connectivity index (χ0n) is 11.5. The number of hydrogen-bond acceptors (Lipinski definition) is 6. The number of rotatable bonds is 5. The molecule has 2 N–H and O–H groups in total. The van der Waals surface area contributed by atoms with Crippen LogP contribution in [0.25, 0.3) is 0 Å². The van der Waals surface area contributed by atoms with Crippen molar-refractivity contribution in [2.24, 2.45) is 5.73 Å². The lowest BCUT2D eigenvalue weighted by molar-refractivity contribution is -0.149. The summed E-state index contributed by atoms with van der Waals surface area (Å²) < 4.78 is 10.9. The number of nitrogens with zero attached hydrogens (tertiary/aromatic N) is 1. The van der Waals surface area contributed by atoms with Gasteiger partial charge in [-0.05, 0) is 26.2 Å². The summed E-state index contributed by atoms with van der Waals surface area (Å²) in [5.74, 6) is -0.418. The van der Waals surface area contributed by atoms with Crippen molar-refractivity contribution in [1.82, 2.24) is 4.90 Å². The number of esters is 1. The molecule has 0 bridgehead atoms. The lowest BCUT2D eigenvalue weighted by Gasteiger charge is -2.26. The van der Waals surface area contributed by atoms with E-state index in [0.29, 0.717) is 6.42 Å². The van der Waals surface area contributed by atoms with Crippen LogP contribution in [-0.2, 0) is 19.1 Å². The van der Waals surface area contributed by atoms with Gasteiger partial charge in [-0.1, -0.05) is 6.08 Å². The summed E-state index contributed by atoms with van der Waals surface area (Å²) in [6.45, 7) is 1.81. The van der Waals surface area contributed by atoms with Crippen LogP contribution in [0, 0.1) is 0 Å². The van der Waals surface area contributed by atoms with Gasteiger partial charge in [0.1, 0.15) is 25.2 Å². The van der Waals surface area contributed by atoms with E-state index >= 15 is 0 Å². The van der Waals surface area contributed by atoms with Gasteiger partial charge in [0.15, 0.2) is 0 Å². The number of ether oxygens (including phenoxy) is 2. The van der Waals surface area contributed by atoms with Crippen LogP contribution >= 0.6 is 0 Å². The van der Waals surface area contributed by atoms with Gasteiger partial charge < -0.3 is 20.1 Å². The van der Waals surface area contributed by atoms with Crippen molar-refractivity contribution in [2.75, 3.05) is 6.61 Å². The number of allylic oxidation sites excluding steroid dienone is 2. The molecule has 0 aliphatic carbocycles. The predicted octanol–water partition coefficient (Wildman–Crippen LogP) is 0.684. The molecule has 0 spiro atoms. The van der Waals surface area contributed by atoms with Gasteiger partial charge in [0.2, 0.25) is 0 Å². The number of carbonyl (C=O) groups excluding carboxylic acids is 2. The molecule has 0 saturated carbocycles. The summed E-state index contributed by atoms with van der Waals surface area (Å²) in [6, 6.07) is -0.615. The Hall–Kier alpha value is -1.66. The molecule has 6 nitrogen and oxygen atoms in total. The minimum atomic E-state index is -0.615. The summed E-state index contributed by atoms with van der Waals surface area (Å²) in [6.07, 6.45) is 8.55. The van der Waals surface area contributed by atoms with E-state index in [2.05, 4.69) is 0 Å². The highest BCUT2D eigenvalue weighted by Gasteiger charge is 2.29. The fourth-order valence-electron chi connectivity index (χ4n) is 2.19. The monoisotopic (exact) mass is 280 g/mol. The third-order valence-electron chi connectivity index (χ3n) is 3.30. The molecule has 6 heteroatoms. The minimum Gasteiger partial charge on any atom is -0.462 e. The van der Waals surface area contributed by atoms with Crippen molar-refractivity contribution in [3.63, 3.8) is 0 Å². The van der Waals surface area contributed by atoms with E-state index in [-0.39, 0.29) is 18.9 Å². The van der Waals surface area contributed by atoms with Crippen molar-refractivity contribution >= 4 is 12.3 Å². The number of hydrogen-bond donors (Lipinski definition) is 1. The first-order valence-corrected chi connectivity index (χ1v) is 6.78. The summed E-state index contributed by atoms with van der Waals surface area (Å²) in [4.78, 5) is 24.0. The summed E-state index contributed by atoms with van der Waals surface area (Å²) >= 11 is 0. The van der Waals surface area contributed by atoms with Gasteiger partial charge in [0.25, 0.3) is 0 Å². The Labute approximate surface area is 118 Å². The Kier molecular flexibility index (Phi) is 4.92. The standard InChI is InChI=1S/C14H20N2O4/c1-10(15)14(18)19-9-12-4-5-13(20-12)16-6-2-3-11(7-16)8-17/h2,6-8,10,12-13H,3-5,9,15H2,1H3. The quantitative estimate of drug-likeness (QED) is 0.589. The highest BCUT2D eigenvalue weighted by Crippen LogP contribution is 2.25. The Morgan fingerprint density at radius 3 is 3.15 bits per heavy atom. The average molecular weight is 280 g/mol. The highest BCUT2D eigenvalue weighted by atomic mass is 16.6. The lowest BCUT2D eigenvalue weighted by atomic mass is 10.1. The van der Waals surface area contributed by atoms with Gasteiger partial charge >= 0.3 is 5.97 Å². The fraction of sp³-hybridized carbons (Fsp3) is 0.571. The van der Waals surface area contributed by atoms with E-state index in [0.717, 1.165) is 24.7 Å². The maximum atomic E-state index is 11.3. The van der Waals surface area contributed by atoms with E-state index < -0.39 is 12.0 Å². The average Bonchev–Trinajstić information content (AvgIpc) is 2.93. The molecule has 2 aliphatic rings. The number of carbonyl (C=O) groups is 2. The molecule has 0 radical (unpaired) electrons. The van der Waals surface area contributed by atoms with Gasteiger partial charge in [-0.3, -0.25) is 9.59 Å². The van der Waals surface area contributed by atoms with E-state index in [4.69, 9.17) is 15.2 Å². The van der Waals surface area contributed by atoms with Crippen molar-refractivity contribution in [3.05, 3.63) is 24.0 Å². The molecule has 2 aliphatic heterocycles. The van der Waals surface area contributed by atoms with Crippen LogP contribution < -0.4 is 5.73 Å². The normalized spacial score (nSPS) is 27.1. The molecule has 2 heterocycles. The van der Waals surface area contributed by atoms with Crippen molar-refractivity contribution in [2.45, 2.75) is 44.6 Å². The molecule has 2 rings (SSSR count). The van der Waals surface area contributed by atoms with Crippen LogP contribution in [0.2, 0.25) is 0 Å². The predicted molar refractivity (Wildman–Crippen MR) is 72.2 cm³/mol. The van der Waals surface area contributed by atoms with Gasteiger partial charge in [0, 0.05) is 18.0 Å². The van der Waals surface area contributed by atoms with E-state index in [1.807, 2.05) is 17.2 Å².